The summed E-state index contributed by atoms with van der Waals surface area (Å²) >= 11 is 4.58. The molecule has 0 unspecified atom stereocenters. The van der Waals surface area contributed by atoms with Gasteiger partial charge in [-0.05, 0) is 21.6 Å². The molecular weight excluding hydrogens is 334 g/mol. The van der Waals surface area contributed by atoms with Crippen LogP contribution in [0.1, 0.15) is 0 Å². The molecule has 0 saturated heterocycles. The van der Waals surface area contributed by atoms with E-state index in [1.54, 1.807) is 10.8 Å². The molecule has 6 heteroatoms. The van der Waals surface area contributed by atoms with Crippen molar-refractivity contribution in [3.05, 3.63) is 59.6 Å². The number of hydrogen-bond donors (Lipinski definition) is 0. The van der Waals surface area contributed by atoms with Gasteiger partial charge in [0.2, 0.25) is 0 Å². The third-order valence-corrected chi connectivity index (χ3v) is 5.60. The maximum atomic E-state index is 14.2. The molecule has 0 nitrogen and oxygen atoms in total. The van der Waals surface area contributed by atoms with E-state index in [9.17, 15) is 8.78 Å². The Balaban J connectivity index is 3.69. The summed E-state index contributed by atoms with van der Waals surface area (Å²) in [7, 11) is 0. The topological polar surface area (TPSA) is 0 Å². The molecule has 0 fully saturated rings. The minimum absolute atomic E-state index is 0.208. The second-order valence-corrected chi connectivity index (χ2v) is 6.99. The SMILES string of the molecule is C=CSc1c(F)c(F)c(SC=C)c(SC=C)c1SC=C. The Labute approximate surface area is 134 Å². The Morgan fingerprint density at radius 1 is 0.550 bits per heavy atom. The van der Waals surface area contributed by atoms with Crippen LogP contribution in [0.5, 0.6) is 0 Å². The summed E-state index contributed by atoms with van der Waals surface area (Å²) in [4.78, 5) is 1.64. The summed E-state index contributed by atoms with van der Waals surface area (Å²) in [6.45, 7) is 14.4. The normalized spacial score (nSPS) is 10.1. The van der Waals surface area contributed by atoms with Gasteiger partial charge in [-0.25, -0.2) is 8.78 Å². The summed E-state index contributed by atoms with van der Waals surface area (Å²) in [6.07, 6.45) is 0. The van der Waals surface area contributed by atoms with E-state index in [1.165, 1.54) is 34.3 Å². The van der Waals surface area contributed by atoms with E-state index in [-0.39, 0.29) is 9.79 Å². The Morgan fingerprint density at radius 2 is 0.800 bits per heavy atom. The molecule has 0 aliphatic heterocycles. The summed E-state index contributed by atoms with van der Waals surface area (Å²) < 4.78 is 28.4. The molecule has 0 heterocycles. The fraction of sp³-hybridized carbons (Fsp3) is 0. The second kappa shape index (κ2) is 8.67. The Kier molecular flexibility index (Phi) is 7.58. The van der Waals surface area contributed by atoms with Crippen LogP contribution in [-0.2, 0) is 0 Å². The van der Waals surface area contributed by atoms with Gasteiger partial charge in [0.25, 0.3) is 0 Å². The predicted molar refractivity (Wildman–Crippen MR) is 90.6 cm³/mol. The lowest BCUT2D eigenvalue weighted by molar-refractivity contribution is 0.461. The highest BCUT2D eigenvalue weighted by atomic mass is 32.2. The van der Waals surface area contributed by atoms with Gasteiger partial charge < -0.3 is 0 Å². The maximum Gasteiger partial charge on any atom is 0.175 e. The number of thioether (sulfide) groups is 4. The van der Waals surface area contributed by atoms with Crippen LogP contribution in [0.4, 0.5) is 8.78 Å². The van der Waals surface area contributed by atoms with Gasteiger partial charge in [-0.2, -0.15) is 0 Å². The number of halogens is 2. The van der Waals surface area contributed by atoms with E-state index in [0.717, 1.165) is 23.5 Å². The monoisotopic (exact) mass is 346 g/mol. The molecule has 0 atom stereocenters. The van der Waals surface area contributed by atoms with Crippen molar-refractivity contribution >= 4 is 47.0 Å². The van der Waals surface area contributed by atoms with Crippen molar-refractivity contribution in [2.45, 2.75) is 19.6 Å². The average molecular weight is 347 g/mol. The molecule has 1 rings (SSSR count). The lowest BCUT2D eigenvalue weighted by atomic mass is 10.3. The smallest absolute Gasteiger partial charge is 0.175 e. The highest BCUT2D eigenvalue weighted by molar-refractivity contribution is 8.07. The highest BCUT2D eigenvalue weighted by Crippen LogP contribution is 2.47. The van der Waals surface area contributed by atoms with Gasteiger partial charge in [0.05, 0.1) is 9.79 Å². The zero-order valence-electron chi connectivity index (χ0n) is 10.5. The fourth-order valence-corrected chi connectivity index (χ4v) is 4.64. The standard InChI is InChI=1S/C14H12F2S4/c1-5-17-11-9(15)10(16)12(18-6-2)14(20-8-4)13(11)19-7-3/h5-8H,1-4H2. The molecule has 0 aromatic heterocycles. The molecule has 0 spiro atoms. The Morgan fingerprint density at radius 3 is 1.05 bits per heavy atom. The second-order valence-electron chi connectivity index (χ2n) is 3.08. The van der Waals surface area contributed by atoms with Gasteiger partial charge in [-0.3, -0.25) is 0 Å². The summed E-state index contributed by atoms with van der Waals surface area (Å²) in [6, 6.07) is 0. The van der Waals surface area contributed by atoms with Crippen molar-refractivity contribution in [2.75, 3.05) is 0 Å². The van der Waals surface area contributed by atoms with Gasteiger partial charge in [0.15, 0.2) is 11.6 Å². The molecule has 106 valence electrons. The van der Waals surface area contributed by atoms with Crippen molar-refractivity contribution in [3.8, 4) is 0 Å². The number of benzene rings is 1. The van der Waals surface area contributed by atoms with Crippen LogP contribution < -0.4 is 0 Å². The van der Waals surface area contributed by atoms with Crippen LogP contribution in [0.15, 0.2) is 67.5 Å². The van der Waals surface area contributed by atoms with Gasteiger partial charge in [-0.1, -0.05) is 73.4 Å². The summed E-state index contributed by atoms with van der Waals surface area (Å²) in [5.41, 5.74) is 0. The molecule has 0 N–H and O–H groups in total. The molecule has 1 aromatic carbocycles. The van der Waals surface area contributed by atoms with Crippen LogP contribution >= 0.6 is 47.0 Å². The first-order chi connectivity index (χ1) is 9.62. The molecule has 1 aromatic rings. The summed E-state index contributed by atoms with van der Waals surface area (Å²) in [5, 5.41) is 6.09. The van der Waals surface area contributed by atoms with Crippen molar-refractivity contribution < 1.29 is 8.78 Å². The summed E-state index contributed by atoms with van der Waals surface area (Å²) in [5.74, 6) is -1.76. The van der Waals surface area contributed by atoms with E-state index in [0.29, 0.717) is 9.79 Å². The highest BCUT2D eigenvalue weighted by Gasteiger charge is 2.24. The van der Waals surface area contributed by atoms with E-state index >= 15 is 0 Å². The quantitative estimate of drug-likeness (QED) is 0.469. The molecule has 0 saturated carbocycles. The zero-order valence-corrected chi connectivity index (χ0v) is 13.8. The van der Waals surface area contributed by atoms with Crippen LogP contribution in [0.2, 0.25) is 0 Å². The molecule has 0 aliphatic rings. The van der Waals surface area contributed by atoms with Crippen molar-refractivity contribution in [2.24, 2.45) is 0 Å². The first kappa shape index (κ1) is 17.5. The minimum atomic E-state index is -0.878. The van der Waals surface area contributed by atoms with Gasteiger partial charge in [-0.15, -0.1) is 0 Å². The van der Waals surface area contributed by atoms with Crippen molar-refractivity contribution in [1.29, 1.82) is 0 Å². The maximum absolute atomic E-state index is 14.2. The third kappa shape index (κ3) is 3.75. The van der Waals surface area contributed by atoms with Crippen LogP contribution in [0.25, 0.3) is 0 Å². The largest absolute Gasteiger partial charge is 0.202 e. The van der Waals surface area contributed by atoms with E-state index in [4.69, 9.17) is 0 Å². The van der Waals surface area contributed by atoms with Crippen molar-refractivity contribution in [3.63, 3.8) is 0 Å². The van der Waals surface area contributed by atoms with Gasteiger partial charge >= 0.3 is 0 Å². The van der Waals surface area contributed by atoms with E-state index in [1.807, 2.05) is 0 Å². The molecule has 0 bridgehead atoms. The third-order valence-electron chi connectivity index (χ3n) is 2.01. The number of rotatable bonds is 8. The van der Waals surface area contributed by atoms with E-state index in [2.05, 4.69) is 26.3 Å². The number of hydrogen-bond acceptors (Lipinski definition) is 4. The predicted octanol–water partition coefficient (Wildman–Crippen LogP) is 6.91. The lowest BCUT2D eigenvalue weighted by Crippen LogP contribution is -1.97. The molecule has 20 heavy (non-hydrogen) atoms. The Bertz CT molecular complexity index is 504. The Hall–Kier alpha value is -0.560. The fourth-order valence-electron chi connectivity index (χ4n) is 1.36. The average Bonchev–Trinajstić information content (AvgIpc) is 2.44. The van der Waals surface area contributed by atoms with Crippen LogP contribution in [0, 0.1) is 11.6 Å². The zero-order chi connectivity index (χ0) is 15.1. The van der Waals surface area contributed by atoms with Crippen LogP contribution in [0.3, 0.4) is 0 Å². The molecular formula is C14H12F2S4. The first-order valence-electron chi connectivity index (χ1n) is 5.27. The van der Waals surface area contributed by atoms with Gasteiger partial charge in [0, 0.05) is 9.79 Å². The van der Waals surface area contributed by atoms with Crippen LogP contribution in [-0.4, -0.2) is 0 Å². The molecule has 0 aliphatic carbocycles. The lowest BCUT2D eigenvalue weighted by Gasteiger charge is -2.16. The molecule has 0 radical (unpaired) electrons. The van der Waals surface area contributed by atoms with E-state index < -0.39 is 11.6 Å². The van der Waals surface area contributed by atoms with Crippen molar-refractivity contribution in [1.82, 2.24) is 0 Å². The first-order valence-corrected chi connectivity index (χ1v) is 8.79. The van der Waals surface area contributed by atoms with Gasteiger partial charge in [0.1, 0.15) is 0 Å². The molecule has 0 amide bonds. The minimum Gasteiger partial charge on any atom is -0.202 e.